The first-order chi connectivity index (χ1) is 10.3. The van der Waals surface area contributed by atoms with E-state index in [9.17, 15) is 0 Å². The smallest absolute Gasteiger partial charge is 0.119 e. The molecule has 0 saturated heterocycles. The second-order valence-corrected chi connectivity index (χ2v) is 5.76. The fourth-order valence-electron chi connectivity index (χ4n) is 2.97. The van der Waals surface area contributed by atoms with Gasteiger partial charge in [0.15, 0.2) is 0 Å². The van der Waals surface area contributed by atoms with Crippen molar-refractivity contribution in [2.45, 2.75) is 32.7 Å². The first-order valence-electron chi connectivity index (χ1n) is 7.83. The molecular formula is C19H23NO. The third kappa shape index (κ3) is 3.11. The summed E-state index contributed by atoms with van der Waals surface area (Å²) in [5.74, 6) is 0.959. The van der Waals surface area contributed by atoms with Crippen molar-refractivity contribution in [1.82, 2.24) is 5.32 Å². The van der Waals surface area contributed by atoms with Crippen LogP contribution in [0.15, 0.2) is 42.5 Å². The predicted octanol–water partition coefficient (Wildman–Crippen LogP) is 4.02. The number of hydrogen-bond acceptors (Lipinski definition) is 2. The van der Waals surface area contributed by atoms with Crippen molar-refractivity contribution in [3.8, 4) is 5.75 Å². The van der Waals surface area contributed by atoms with Crippen molar-refractivity contribution in [2.24, 2.45) is 0 Å². The van der Waals surface area contributed by atoms with Crippen LogP contribution in [-0.2, 0) is 6.42 Å². The standard InChI is InChI=1S/C19H23NO/c1-3-12-21-17-7-5-15(6-8-17)19-18-9-4-14(2)13-16(18)10-11-20-19/h4-9,13,19-20H,3,10-12H2,1-2H3/t19-/m0/s1. The molecule has 0 aliphatic carbocycles. The molecule has 0 bridgehead atoms. The Labute approximate surface area is 127 Å². The van der Waals surface area contributed by atoms with Crippen LogP contribution >= 0.6 is 0 Å². The van der Waals surface area contributed by atoms with Gasteiger partial charge in [-0.2, -0.15) is 0 Å². The van der Waals surface area contributed by atoms with Crippen molar-refractivity contribution in [2.75, 3.05) is 13.2 Å². The fourth-order valence-corrected chi connectivity index (χ4v) is 2.97. The van der Waals surface area contributed by atoms with E-state index in [4.69, 9.17) is 4.74 Å². The molecule has 0 saturated carbocycles. The van der Waals surface area contributed by atoms with E-state index in [1.807, 2.05) is 0 Å². The molecule has 0 radical (unpaired) electrons. The average molecular weight is 281 g/mol. The minimum Gasteiger partial charge on any atom is -0.494 e. The largest absolute Gasteiger partial charge is 0.494 e. The van der Waals surface area contributed by atoms with Crippen molar-refractivity contribution < 1.29 is 4.74 Å². The molecule has 0 aromatic heterocycles. The van der Waals surface area contributed by atoms with Crippen LogP contribution in [0.4, 0.5) is 0 Å². The Bertz CT molecular complexity index is 603. The third-order valence-corrected chi connectivity index (χ3v) is 4.04. The Morgan fingerprint density at radius 3 is 2.71 bits per heavy atom. The molecule has 21 heavy (non-hydrogen) atoms. The summed E-state index contributed by atoms with van der Waals surface area (Å²) < 4.78 is 5.66. The lowest BCUT2D eigenvalue weighted by Crippen LogP contribution is -2.30. The van der Waals surface area contributed by atoms with Gasteiger partial charge in [0.05, 0.1) is 12.6 Å². The molecule has 1 aliphatic rings. The monoisotopic (exact) mass is 281 g/mol. The van der Waals surface area contributed by atoms with Crippen molar-refractivity contribution in [1.29, 1.82) is 0 Å². The Morgan fingerprint density at radius 2 is 1.95 bits per heavy atom. The van der Waals surface area contributed by atoms with Crippen molar-refractivity contribution in [3.05, 3.63) is 64.7 Å². The van der Waals surface area contributed by atoms with Crippen LogP contribution in [0.25, 0.3) is 0 Å². The molecule has 0 fully saturated rings. The highest BCUT2D eigenvalue weighted by Gasteiger charge is 2.21. The van der Waals surface area contributed by atoms with Crippen LogP contribution in [0.3, 0.4) is 0 Å². The number of aryl methyl sites for hydroxylation is 1. The van der Waals surface area contributed by atoms with Crippen LogP contribution < -0.4 is 10.1 Å². The highest BCUT2D eigenvalue weighted by atomic mass is 16.5. The summed E-state index contributed by atoms with van der Waals surface area (Å²) in [5.41, 5.74) is 5.54. The summed E-state index contributed by atoms with van der Waals surface area (Å²) in [6.07, 6.45) is 2.16. The molecule has 0 spiro atoms. The topological polar surface area (TPSA) is 21.3 Å². The summed E-state index contributed by atoms with van der Waals surface area (Å²) in [4.78, 5) is 0. The second-order valence-electron chi connectivity index (χ2n) is 5.76. The number of benzene rings is 2. The lowest BCUT2D eigenvalue weighted by atomic mass is 9.89. The third-order valence-electron chi connectivity index (χ3n) is 4.04. The minimum atomic E-state index is 0.301. The maximum Gasteiger partial charge on any atom is 0.119 e. The van der Waals surface area contributed by atoms with E-state index >= 15 is 0 Å². The zero-order chi connectivity index (χ0) is 14.7. The molecule has 1 aliphatic heterocycles. The van der Waals surface area contributed by atoms with E-state index in [1.165, 1.54) is 22.3 Å². The van der Waals surface area contributed by atoms with Gasteiger partial charge in [-0.15, -0.1) is 0 Å². The predicted molar refractivity (Wildman–Crippen MR) is 87.0 cm³/mol. The number of fused-ring (bicyclic) bond motifs is 1. The van der Waals surface area contributed by atoms with Crippen LogP contribution in [0, 0.1) is 6.92 Å². The lowest BCUT2D eigenvalue weighted by Gasteiger charge is -2.28. The van der Waals surface area contributed by atoms with E-state index in [0.29, 0.717) is 6.04 Å². The Kier molecular flexibility index (Phi) is 4.26. The van der Waals surface area contributed by atoms with Crippen molar-refractivity contribution in [3.63, 3.8) is 0 Å². The average Bonchev–Trinajstić information content (AvgIpc) is 2.52. The molecule has 0 unspecified atom stereocenters. The SMILES string of the molecule is CCCOc1ccc([C@@H]2NCCc3cc(C)ccc32)cc1. The lowest BCUT2D eigenvalue weighted by molar-refractivity contribution is 0.317. The Morgan fingerprint density at radius 1 is 1.14 bits per heavy atom. The molecule has 2 aromatic rings. The molecule has 0 amide bonds. The van der Waals surface area contributed by atoms with Gasteiger partial charge in [0.2, 0.25) is 0 Å². The highest BCUT2D eigenvalue weighted by Crippen LogP contribution is 2.30. The first kappa shape index (κ1) is 14.2. The number of nitrogens with one attached hydrogen (secondary N) is 1. The summed E-state index contributed by atoms with van der Waals surface area (Å²) in [6.45, 7) is 6.11. The van der Waals surface area contributed by atoms with Gasteiger partial charge >= 0.3 is 0 Å². The van der Waals surface area contributed by atoms with Gasteiger partial charge in [0.1, 0.15) is 5.75 Å². The van der Waals surface area contributed by atoms with E-state index in [-0.39, 0.29) is 0 Å². The maximum absolute atomic E-state index is 5.66. The molecule has 2 aromatic carbocycles. The summed E-state index contributed by atoms with van der Waals surface area (Å²) in [7, 11) is 0. The molecule has 1 heterocycles. The van der Waals surface area contributed by atoms with E-state index < -0.39 is 0 Å². The summed E-state index contributed by atoms with van der Waals surface area (Å²) in [6, 6.07) is 15.6. The molecule has 2 heteroatoms. The van der Waals surface area contributed by atoms with Gasteiger partial charge in [0.25, 0.3) is 0 Å². The number of rotatable bonds is 4. The quantitative estimate of drug-likeness (QED) is 0.914. The second kappa shape index (κ2) is 6.31. The highest BCUT2D eigenvalue weighted by molar-refractivity contribution is 5.42. The van der Waals surface area contributed by atoms with Crippen LogP contribution in [0.2, 0.25) is 0 Å². The van der Waals surface area contributed by atoms with E-state index in [1.54, 1.807) is 0 Å². The number of ether oxygens (including phenoxy) is 1. The van der Waals surface area contributed by atoms with Gasteiger partial charge < -0.3 is 10.1 Å². The molecular weight excluding hydrogens is 258 g/mol. The van der Waals surface area contributed by atoms with Crippen LogP contribution in [-0.4, -0.2) is 13.2 Å². The fraction of sp³-hybridized carbons (Fsp3) is 0.368. The van der Waals surface area contributed by atoms with Gasteiger partial charge in [0, 0.05) is 6.54 Å². The summed E-state index contributed by atoms with van der Waals surface area (Å²) in [5, 5.41) is 3.63. The Balaban J connectivity index is 1.85. The van der Waals surface area contributed by atoms with Crippen LogP contribution in [0.1, 0.15) is 41.6 Å². The summed E-state index contributed by atoms with van der Waals surface area (Å²) >= 11 is 0. The zero-order valence-corrected chi connectivity index (χ0v) is 12.9. The van der Waals surface area contributed by atoms with Crippen molar-refractivity contribution >= 4 is 0 Å². The van der Waals surface area contributed by atoms with E-state index in [0.717, 1.165) is 31.7 Å². The molecule has 1 atom stereocenters. The van der Waals surface area contributed by atoms with Gasteiger partial charge in [-0.05, 0) is 48.6 Å². The molecule has 110 valence electrons. The molecule has 2 nitrogen and oxygen atoms in total. The zero-order valence-electron chi connectivity index (χ0n) is 12.9. The normalized spacial score (nSPS) is 17.3. The molecule has 1 N–H and O–H groups in total. The van der Waals surface area contributed by atoms with Crippen LogP contribution in [0.5, 0.6) is 5.75 Å². The maximum atomic E-state index is 5.66. The minimum absolute atomic E-state index is 0.301. The van der Waals surface area contributed by atoms with Gasteiger partial charge in [-0.3, -0.25) is 0 Å². The van der Waals surface area contributed by atoms with E-state index in [2.05, 4.69) is 61.6 Å². The Hall–Kier alpha value is -1.80. The molecule has 3 rings (SSSR count). The van der Waals surface area contributed by atoms with Gasteiger partial charge in [-0.25, -0.2) is 0 Å². The number of hydrogen-bond donors (Lipinski definition) is 1. The van der Waals surface area contributed by atoms with Gasteiger partial charge in [-0.1, -0.05) is 42.8 Å². The first-order valence-corrected chi connectivity index (χ1v) is 7.83.